The number of benzene rings is 2. The standard InChI is InChI=1S/C18H17NO3/c1-2-21-17-8-4-6-13-10-15(22-18(13)17)11-16(20)12-5-3-7-14(19)9-12/h3-10H,2,11,19H2,1H3. The second-order valence-electron chi connectivity index (χ2n) is 5.05. The zero-order chi connectivity index (χ0) is 15.5. The molecule has 3 aromatic rings. The fourth-order valence-electron chi connectivity index (χ4n) is 2.42. The summed E-state index contributed by atoms with van der Waals surface area (Å²) in [7, 11) is 0. The first-order valence-corrected chi connectivity index (χ1v) is 7.20. The van der Waals surface area contributed by atoms with Gasteiger partial charge in [-0.05, 0) is 31.2 Å². The van der Waals surface area contributed by atoms with Gasteiger partial charge in [-0.1, -0.05) is 24.3 Å². The number of para-hydroxylation sites is 1. The zero-order valence-corrected chi connectivity index (χ0v) is 12.3. The van der Waals surface area contributed by atoms with Gasteiger partial charge < -0.3 is 14.9 Å². The van der Waals surface area contributed by atoms with Gasteiger partial charge in [-0.15, -0.1) is 0 Å². The van der Waals surface area contributed by atoms with Crippen LogP contribution in [0.5, 0.6) is 5.75 Å². The molecule has 0 aliphatic heterocycles. The molecular weight excluding hydrogens is 278 g/mol. The van der Waals surface area contributed by atoms with Crippen molar-refractivity contribution in [1.29, 1.82) is 0 Å². The molecule has 1 aromatic heterocycles. The highest BCUT2D eigenvalue weighted by Crippen LogP contribution is 2.29. The molecule has 0 spiro atoms. The molecule has 22 heavy (non-hydrogen) atoms. The van der Waals surface area contributed by atoms with Crippen LogP contribution in [0.1, 0.15) is 23.0 Å². The van der Waals surface area contributed by atoms with Gasteiger partial charge in [-0.3, -0.25) is 4.79 Å². The van der Waals surface area contributed by atoms with Gasteiger partial charge in [-0.2, -0.15) is 0 Å². The lowest BCUT2D eigenvalue weighted by Crippen LogP contribution is -2.03. The molecule has 0 radical (unpaired) electrons. The van der Waals surface area contributed by atoms with Crippen molar-refractivity contribution in [3.63, 3.8) is 0 Å². The molecule has 0 atom stereocenters. The smallest absolute Gasteiger partial charge is 0.176 e. The number of furan rings is 1. The highest BCUT2D eigenvalue weighted by molar-refractivity contribution is 5.98. The van der Waals surface area contributed by atoms with Crippen LogP contribution in [0.2, 0.25) is 0 Å². The lowest BCUT2D eigenvalue weighted by atomic mass is 10.1. The minimum absolute atomic E-state index is 0.0238. The number of rotatable bonds is 5. The van der Waals surface area contributed by atoms with E-state index in [1.165, 1.54) is 0 Å². The van der Waals surface area contributed by atoms with E-state index in [1.54, 1.807) is 24.3 Å². The predicted molar refractivity (Wildman–Crippen MR) is 86.3 cm³/mol. The first-order valence-electron chi connectivity index (χ1n) is 7.20. The molecule has 112 valence electrons. The van der Waals surface area contributed by atoms with Gasteiger partial charge in [-0.25, -0.2) is 0 Å². The van der Waals surface area contributed by atoms with E-state index in [2.05, 4.69) is 0 Å². The van der Waals surface area contributed by atoms with Crippen LogP contribution in [-0.2, 0) is 6.42 Å². The van der Waals surface area contributed by atoms with Crippen molar-refractivity contribution in [2.45, 2.75) is 13.3 Å². The van der Waals surface area contributed by atoms with E-state index in [9.17, 15) is 4.79 Å². The number of nitrogens with two attached hydrogens (primary N) is 1. The summed E-state index contributed by atoms with van der Waals surface area (Å²) < 4.78 is 11.3. The normalized spacial score (nSPS) is 10.8. The summed E-state index contributed by atoms with van der Waals surface area (Å²) in [4.78, 5) is 12.3. The van der Waals surface area contributed by atoms with E-state index in [0.717, 1.165) is 5.39 Å². The van der Waals surface area contributed by atoms with Gasteiger partial charge in [0.2, 0.25) is 0 Å². The molecule has 4 heteroatoms. The lowest BCUT2D eigenvalue weighted by Gasteiger charge is -2.02. The summed E-state index contributed by atoms with van der Waals surface area (Å²) in [6, 6.07) is 14.5. The Morgan fingerprint density at radius 2 is 2.00 bits per heavy atom. The van der Waals surface area contributed by atoms with Crippen LogP contribution in [0.3, 0.4) is 0 Å². The van der Waals surface area contributed by atoms with E-state index >= 15 is 0 Å². The summed E-state index contributed by atoms with van der Waals surface area (Å²) in [5.74, 6) is 1.29. The molecule has 0 amide bonds. The summed E-state index contributed by atoms with van der Waals surface area (Å²) >= 11 is 0. The van der Waals surface area contributed by atoms with Gasteiger partial charge >= 0.3 is 0 Å². The number of fused-ring (bicyclic) bond motifs is 1. The van der Waals surface area contributed by atoms with E-state index in [1.807, 2.05) is 31.2 Å². The number of hydrogen-bond donors (Lipinski definition) is 1. The number of ketones is 1. The molecule has 0 aliphatic rings. The Morgan fingerprint density at radius 3 is 2.77 bits per heavy atom. The topological polar surface area (TPSA) is 65.5 Å². The molecule has 0 aliphatic carbocycles. The maximum Gasteiger partial charge on any atom is 0.176 e. The number of carbonyl (C=O) groups excluding carboxylic acids is 1. The molecule has 2 aromatic carbocycles. The molecule has 4 nitrogen and oxygen atoms in total. The van der Waals surface area contributed by atoms with E-state index in [4.69, 9.17) is 14.9 Å². The quantitative estimate of drug-likeness (QED) is 0.573. The van der Waals surface area contributed by atoms with Crippen LogP contribution in [-0.4, -0.2) is 12.4 Å². The van der Waals surface area contributed by atoms with Crippen molar-refractivity contribution in [3.8, 4) is 5.75 Å². The Morgan fingerprint density at radius 1 is 1.18 bits per heavy atom. The van der Waals surface area contributed by atoms with Crippen LogP contribution in [0.25, 0.3) is 11.0 Å². The molecule has 0 saturated heterocycles. The lowest BCUT2D eigenvalue weighted by molar-refractivity contribution is 0.0987. The Hall–Kier alpha value is -2.75. The van der Waals surface area contributed by atoms with Crippen molar-refractivity contribution in [3.05, 3.63) is 59.9 Å². The van der Waals surface area contributed by atoms with Crippen LogP contribution >= 0.6 is 0 Å². The number of Topliss-reactive ketones (excluding diaryl/α,β-unsaturated/α-hetero) is 1. The van der Waals surface area contributed by atoms with Crippen LogP contribution in [0.4, 0.5) is 5.69 Å². The fraction of sp³-hybridized carbons (Fsp3) is 0.167. The predicted octanol–water partition coefficient (Wildman–Crippen LogP) is 3.84. The van der Waals surface area contributed by atoms with Gasteiger partial charge in [0.1, 0.15) is 5.76 Å². The maximum atomic E-state index is 12.3. The second kappa shape index (κ2) is 5.93. The monoisotopic (exact) mass is 295 g/mol. The maximum absolute atomic E-state index is 12.3. The Bertz CT molecular complexity index is 820. The molecule has 1 heterocycles. The van der Waals surface area contributed by atoms with Crippen molar-refractivity contribution >= 4 is 22.4 Å². The van der Waals surface area contributed by atoms with E-state index < -0.39 is 0 Å². The number of nitrogen functional groups attached to an aromatic ring is 1. The average Bonchev–Trinajstić information content (AvgIpc) is 2.91. The van der Waals surface area contributed by atoms with Crippen molar-refractivity contribution < 1.29 is 13.9 Å². The second-order valence-corrected chi connectivity index (χ2v) is 5.05. The van der Waals surface area contributed by atoms with Crippen LogP contribution < -0.4 is 10.5 Å². The fourth-order valence-corrected chi connectivity index (χ4v) is 2.42. The Balaban J connectivity index is 1.88. The van der Waals surface area contributed by atoms with Crippen LogP contribution in [0.15, 0.2) is 52.9 Å². The minimum atomic E-state index is -0.0238. The molecule has 0 bridgehead atoms. The van der Waals surface area contributed by atoms with Gasteiger partial charge in [0.05, 0.1) is 13.0 Å². The third kappa shape index (κ3) is 2.81. The minimum Gasteiger partial charge on any atom is -0.490 e. The van der Waals surface area contributed by atoms with Gasteiger partial charge in [0.25, 0.3) is 0 Å². The first kappa shape index (κ1) is 14.2. The zero-order valence-electron chi connectivity index (χ0n) is 12.3. The molecule has 3 rings (SSSR count). The molecule has 0 saturated carbocycles. The largest absolute Gasteiger partial charge is 0.490 e. The number of hydrogen-bond acceptors (Lipinski definition) is 4. The molecular formula is C18H17NO3. The summed E-state index contributed by atoms with van der Waals surface area (Å²) in [6.45, 7) is 2.49. The highest BCUT2D eigenvalue weighted by atomic mass is 16.5. The highest BCUT2D eigenvalue weighted by Gasteiger charge is 2.13. The van der Waals surface area contributed by atoms with Crippen molar-refractivity contribution in [2.24, 2.45) is 0 Å². The van der Waals surface area contributed by atoms with Gasteiger partial charge in [0.15, 0.2) is 17.1 Å². The summed E-state index contributed by atoms with van der Waals surface area (Å²) in [6.07, 6.45) is 0.198. The molecule has 0 unspecified atom stereocenters. The number of ether oxygens (including phenoxy) is 1. The molecule has 2 N–H and O–H groups in total. The number of carbonyl (C=O) groups is 1. The van der Waals surface area contributed by atoms with Crippen molar-refractivity contribution in [1.82, 2.24) is 0 Å². The Kier molecular flexibility index (Phi) is 3.83. The van der Waals surface area contributed by atoms with E-state index in [0.29, 0.717) is 35.0 Å². The van der Waals surface area contributed by atoms with E-state index in [-0.39, 0.29) is 12.2 Å². The van der Waals surface area contributed by atoms with Crippen LogP contribution in [0, 0.1) is 0 Å². The Labute approximate surface area is 128 Å². The SMILES string of the molecule is CCOc1cccc2cc(CC(=O)c3cccc(N)c3)oc12. The first-order chi connectivity index (χ1) is 10.7. The average molecular weight is 295 g/mol. The third-order valence-electron chi connectivity index (χ3n) is 3.40. The molecule has 0 fully saturated rings. The van der Waals surface area contributed by atoms with Gasteiger partial charge in [0, 0.05) is 16.6 Å². The van der Waals surface area contributed by atoms with Crippen molar-refractivity contribution in [2.75, 3.05) is 12.3 Å². The summed E-state index contributed by atoms with van der Waals surface area (Å²) in [5.41, 5.74) is 7.56. The number of anilines is 1. The summed E-state index contributed by atoms with van der Waals surface area (Å²) in [5, 5.41) is 0.932. The third-order valence-corrected chi connectivity index (χ3v) is 3.40.